The van der Waals surface area contributed by atoms with E-state index in [4.69, 9.17) is 10.5 Å². The molecule has 2 aromatic carbocycles. The molecule has 0 spiro atoms. The predicted molar refractivity (Wildman–Crippen MR) is 88.8 cm³/mol. The largest absolute Gasteiger partial charge is 0.483 e. The number of ether oxygens (including phenoxy) is 1. The Balaban J connectivity index is 2.01. The Bertz CT molecular complexity index is 825. The number of anilines is 1. The Labute approximate surface area is 133 Å². The van der Waals surface area contributed by atoms with Crippen LogP contribution in [0.5, 0.6) is 5.75 Å². The summed E-state index contributed by atoms with van der Waals surface area (Å²) in [6.45, 7) is 1.77. The summed E-state index contributed by atoms with van der Waals surface area (Å²) in [6, 6.07) is 13.0. The number of carbonyl (C=O) groups excluding carboxylic acids is 2. The van der Waals surface area contributed by atoms with Crippen molar-refractivity contribution in [1.82, 2.24) is 0 Å². The second-order valence-electron chi connectivity index (χ2n) is 5.35. The van der Waals surface area contributed by atoms with Crippen LogP contribution < -0.4 is 15.8 Å². The van der Waals surface area contributed by atoms with Crippen molar-refractivity contribution in [2.75, 3.05) is 11.9 Å². The molecule has 0 fully saturated rings. The molecule has 0 bridgehead atoms. The number of fused-ring (bicyclic) bond motifs is 1. The molecular formula is C18H16N2O3. The van der Waals surface area contributed by atoms with Crippen LogP contribution in [0.2, 0.25) is 0 Å². The molecule has 116 valence electrons. The molecule has 0 aliphatic carbocycles. The maximum Gasteiger partial charge on any atom is 0.256 e. The first-order valence-electron chi connectivity index (χ1n) is 7.19. The van der Waals surface area contributed by atoms with Crippen LogP contribution in [0.1, 0.15) is 16.7 Å². The Morgan fingerprint density at radius 2 is 2.04 bits per heavy atom. The highest BCUT2D eigenvalue weighted by molar-refractivity contribution is 6.35. The molecule has 1 aliphatic rings. The maximum atomic E-state index is 12.2. The smallest absolute Gasteiger partial charge is 0.256 e. The first-order chi connectivity index (χ1) is 11.0. The lowest BCUT2D eigenvalue weighted by atomic mass is 10.0. The summed E-state index contributed by atoms with van der Waals surface area (Å²) < 4.78 is 5.40. The fourth-order valence-corrected chi connectivity index (χ4v) is 2.48. The van der Waals surface area contributed by atoms with E-state index in [2.05, 4.69) is 5.32 Å². The second kappa shape index (κ2) is 5.96. The normalized spacial score (nSPS) is 14.5. The third-order valence-corrected chi connectivity index (χ3v) is 3.55. The van der Waals surface area contributed by atoms with Gasteiger partial charge in [0.2, 0.25) is 0 Å². The van der Waals surface area contributed by atoms with Gasteiger partial charge in [-0.1, -0.05) is 29.8 Å². The first-order valence-corrected chi connectivity index (χ1v) is 7.19. The van der Waals surface area contributed by atoms with E-state index in [0.29, 0.717) is 16.9 Å². The molecule has 5 heteroatoms. The van der Waals surface area contributed by atoms with Crippen molar-refractivity contribution in [1.29, 1.82) is 0 Å². The zero-order chi connectivity index (χ0) is 16.4. The molecule has 1 aliphatic heterocycles. The van der Waals surface area contributed by atoms with E-state index in [1.165, 1.54) is 0 Å². The van der Waals surface area contributed by atoms with Crippen LogP contribution in [0.25, 0.3) is 11.6 Å². The average molecular weight is 308 g/mol. The standard InChI is InChI=1S/C18H16N2O3/c1-11-6-7-15-13(8-11)14(18(22)20-15)9-12-4-2-3-5-16(12)23-10-17(19)21/h2-9H,10H2,1H3,(H2,19,21)(H,20,22)/b14-9-. The number of nitrogens with two attached hydrogens (primary N) is 1. The molecular weight excluding hydrogens is 292 g/mol. The van der Waals surface area contributed by atoms with E-state index in [0.717, 1.165) is 16.8 Å². The molecule has 0 radical (unpaired) electrons. The lowest BCUT2D eigenvalue weighted by molar-refractivity contribution is -0.120. The number of nitrogens with one attached hydrogen (secondary N) is 1. The van der Waals surface area contributed by atoms with Gasteiger partial charge in [-0.3, -0.25) is 9.59 Å². The highest BCUT2D eigenvalue weighted by Crippen LogP contribution is 2.35. The second-order valence-corrected chi connectivity index (χ2v) is 5.35. The number of para-hydroxylation sites is 1. The quantitative estimate of drug-likeness (QED) is 0.851. The third kappa shape index (κ3) is 3.08. The van der Waals surface area contributed by atoms with Gasteiger partial charge in [0.25, 0.3) is 11.8 Å². The first kappa shape index (κ1) is 14.8. The van der Waals surface area contributed by atoms with Gasteiger partial charge in [0.05, 0.1) is 0 Å². The van der Waals surface area contributed by atoms with Crippen molar-refractivity contribution in [2.24, 2.45) is 5.73 Å². The van der Waals surface area contributed by atoms with Crippen molar-refractivity contribution in [3.63, 3.8) is 0 Å². The summed E-state index contributed by atoms with van der Waals surface area (Å²) in [4.78, 5) is 23.1. The number of aryl methyl sites for hydroxylation is 1. The van der Waals surface area contributed by atoms with Gasteiger partial charge < -0.3 is 15.8 Å². The number of amides is 2. The Hall–Kier alpha value is -3.08. The molecule has 3 rings (SSSR count). The van der Waals surface area contributed by atoms with Crippen molar-refractivity contribution in [3.05, 3.63) is 59.2 Å². The zero-order valence-electron chi connectivity index (χ0n) is 12.6. The van der Waals surface area contributed by atoms with Crippen LogP contribution in [-0.4, -0.2) is 18.4 Å². The Morgan fingerprint density at radius 1 is 1.26 bits per heavy atom. The number of benzene rings is 2. The maximum absolute atomic E-state index is 12.2. The predicted octanol–water partition coefficient (Wildman–Crippen LogP) is 2.35. The molecule has 2 amide bonds. The molecule has 0 aromatic heterocycles. The van der Waals surface area contributed by atoms with Gasteiger partial charge in [-0.05, 0) is 31.2 Å². The van der Waals surface area contributed by atoms with Crippen molar-refractivity contribution in [2.45, 2.75) is 6.92 Å². The molecule has 23 heavy (non-hydrogen) atoms. The summed E-state index contributed by atoms with van der Waals surface area (Å²) >= 11 is 0. The van der Waals surface area contributed by atoms with Crippen molar-refractivity contribution < 1.29 is 14.3 Å². The molecule has 2 aromatic rings. The number of hydrogen-bond acceptors (Lipinski definition) is 3. The Kier molecular flexibility index (Phi) is 3.85. The molecule has 0 saturated carbocycles. The zero-order valence-corrected chi connectivity index (χ0v) is 12.6. The summed E-state index contributed by atoms with van der Waals surface area (Å²) in [6.07, 6.45) is 1.76. The van der Waals surface area contributed by atoms with Crippen LogP contribution in [0.4, 0.5) is 5.69 Å². The highest BCUT2D eigenvalue weighted by Gasteiger charge is 2.24. The number of rotatable bonds is 4. The van der Waals surface area contributed by atoms with Gasteiger partial charge in [0, 0.05) is 22.4 Å². The minimum absolute atomic E-state index is 0.157. The fraction of sp³-hybridized carbons (Fsp3) is 0.111. The minimum Gasteiger partial charge on any atom is -0.483 e. The summed E-state index contributed by atoms with van der Waals surface area (Å²) in [5.41, 5.74) is 9.13. The summed E-state index contributed by atoms with van der Waals surface area (Å²) in [5, 5.41) is 2.84. The van der Waals surface area contributed by atoms with Gasteiger partial charge in [0.15, 0.2) is 6.61 Å². The summed E-state index contributed by atoms with van der Waals surface area (Å²) in [5.74, 6) is -0.199. The average Bonchev–Trinajstić information content (AvgIpc) is 2.82. The third-order valence-electron chi connectivity index (χ3n) is 3.55. The number of primary amides is 1. The van der Waals surface area contributed by atoms with Crippen molar-refractivity contribution in [3.8, 4) is 5.75 Å². The van der Waals surface area contributed by atoms with E-state index < -0.39 is 5.91 Å². The molecule has 1 heterocycles. The minimum atomic E-state index is -0.549. The van der Waals surface area contributed by atoms with E-state index in [1.807, 2.05) is 37.3 Å². The lowest BCUT2D eigenvalue weighted by Crippen LogP contribution is -2.20. The summed E-state index contributed by atoms with van der Waals surface area (Å²) in [7, 11) is 0. The SMILES string of the molecule is Cc1ccc2c(c1)/C(=C/c1ccccc1OCC(N)=O)C(=O)N2. The van der Waals surface area contributed by atoms with Gasteiger partial charge in [-0.2, -0.15) is 0 Å². The van der Waals surface area contributed by atoms with Crippen LogP contribution in [0.15, 0.2) is 42.5 Å². The topological polar surface area (TPSA) is 81.4 Å². The van der Waals surface area contributed by atoms with E-state index in [1.54, 1.807) is 18.2 Å². The molecule has 5 nitrogen and oxygen atoms in total. The van der Waals surface area contributed by atoms with Crippen LogP contribution in [-0.2, 0) is 9.59 Å². The monoisotopic (exact) mass is 308 g/mol. The van der Waals surface area contributed by atoms with Crippen LogP contribution >= 0.6 is 0 Å². The highest BCUT2D eigenvalue weighted by atomic mass is 16.5. The Morgan fingerprint density at radius 3 is 2.83 bits per heavy atom. The number of hydrogen-bond donors (Lipinski definition) is 2. The van der Waals surface area contributed by atoms with Gasteiger partial charge in [0.1, 0.15) is 5.75 Å². The fourth-order valence-electron chi connectivity index (χ4n) is 2.48. The lowest BCUT2D eigenvalue weighted by Gasteiger charge is -2.08. The van der Waals surface area contributed by atoms with Gasteiger partial charge in [-0.25, -0.2) is 0 Å². The van der Waals surface area contributed by atoms with Crippen LogP contribution in [0, 0.1) is 6.92 Å². The van der Waals surface area contributed by atoms with Gasteiger partial charge in [-0.15, -0.1) is 0 Å². The number of carbonyl (C=O) groups is 2. The van der Waals surface area contributed by atoms with E-state index >= 15 is 0 Å². The van der Waals surface area contributed by atoms with Gasteiger partial charge >= 0.3 is 0 Å². The van der Waals surface area contributed by atoms with Crippen LogP contribution in [0.3, 0.4) is 0 Å². The molecule has 0 atom stereocenters. The van der Waals surface area contributed by atoms with E-state index in [9.17, 15) is 9.59 Å². The van der Waals surface area contributed by atoms with Crippen molar-refractivity contribution >= 4 is 29.2 Å². The molecule has 0 saturated heterocycles. The molecule has 0 unspecified atom stereocenters. The molecule has 3 N–H and O–H groups in total. The van der Waals surface area contributed by atoms with E-state index in [-0.39, 0.29) is 12.5 Å².